The van der Waals surface area contributed by atoms with E-state index in [1.165, 1.54) is 17.8 Å². The van der Waals surface area contributed by atoms with Gasteiger partial charge in [-0.05, 0) is 11.6 Å². The molecule has 0 bridgehead atoms. The van der Waals surface area contributed by atoms with Crippen molar-refractivity contribution in [2.24, 2.45) is 0 Å². The van der Waals surface area contributed by atoms with Gasteiger partial charge in [-0.2, -0.15) is 0 Å². The van der Waals surface area contributed by atoms with Gasteiger partial charge in [-0.1, -0.05) is 40.2 Å². The summed E-state index contributed by atoms with van der Waals surface area (Å²) in [5.41, 5.74) is 5.85. The Morgan fingerprint density at radius 1 is 1.33 bits per heavy atom. The molecule has 0 spiro atoms. The summed E-state index contributed by atoms with van der Waals surface area (Å²) in [7, 11) is 0. The Labute approximate surface area is 89.7 Å². The fraction of sp³-hybridized carbons (Fsp3) is 0.111. The molecule has 0 atom stereocenters. The van der Waals surface area contributed by atoms with Crippen molar-refractivity contribution in [1.29, 1.82) is 0 Å². The Bertz CT molecular complexity index is 460. The lowest BCUT2D eigenvalue weighted by Crippen LogP contribution is -1.86. The van der Waals surface area contributed by atoms with Gasteiger partial charge in [0.2, 0.25) is 0 Å². The number of halogens is 1. The normalized spacial score (nSPS) is 10.5. The molecule has 0 fully saturated rings. The second-order valence-electron chi connectivity index (χ2n) is 2.79. The van der Waals surface area contributed by atoms with Gasteiger partial charge in [0.1, 0.15) is 5.82 Å². The molecule has 0 aliphatic rings. The van der Waals surface area contributed by atoms with Crippen LogP contribution in [0.4, 0.5) is 10.4 Å². The van der Waals surface area contributed by atoms with Gasteiger partial charge in [0.05, 0.1) is 0 Å². The number of hydrogen-bond donors (Lipinski definition) is 1. The van der Waals surface area contributed by atoms with Crippen LogP contribution in [0.15, 0.2) is 33.9 Å². The molecule has 0 saturated heterocycles. The van der Waals surface area contributed by atoms with Crippen LogP contribution >= 0.6 is 11.8 Å². The zero-order valence-electron chi connectivity index (χ0n) is 7.68. The lowest BCUT2D eigenvalue weighted by molar-refractivity contribution is 0.470. The van der Waals surface area contributed by atoms with Crippen LogP contribution < -0.4 is 5.73 Å². The SMILES string of the molecule is Nc1nnc(SCc2ccccc2F)o1. The summed E-state index contributed by atoms with van der Waals surface area (Å²) in [6.45, 7) is 0. The molecule has 0 unspecified atom stereocenters. The van der Waals surface area contributed by atoms with Crippen molar-refractivity contribution in [3.63, 3.8) is 0 Å². The van der Waals surface area contributed by atoms with Crippen molar-refractivity contribution < 1.29 is 8.81 Å². The fourth-order valence-corrected chi connectivity index (χ4v) is 1.79. The van der Waals surface area contributed by atoms with Gasteiger partial charge in [0, 0.05) is 5.75 Å². The van der Waals surface area contributed by atoms with Crippen molar-refractivity contribution in [3.8, 4) is 0 Å². The first kappa shape index (κ1) is 9.97. The largest absolute Gasteiger partial charge is 0.398 e. The van der Waals surface area contributed by atoms with Crippen LogP contribution in [0.25, 0.3) is 0 Å². The molecule has 1 heterocycles. The zero-order valence-corrected chi connectivity index (χ0v) is 8.50. The highest BCUT2D eigenvalue weighted by Gasteiger charge is 2.06. The van der Waals surface area contributed by atoms with Crippen molar-refractivity contribution >= 4 is 17.8 Å². The summed E-state index contributed by atoms with van der Waals surface area (Å²) in [6.07, 6.45) is 0. The minimum Gasteiger partial charge on any atom is -0.398 e. The molecule has 2 N–H and O–H groups in total. The van der Waals surface area contributed by atoms with E-state index in [-0.39, 0.29) is 11.8 Å². The zero-order chi connectivity index (χ0) is 10.7. The van der Waals surface area contributed by atoms with Gasteiger partial charge in [-0.25, -0.2) is 4.39 Å². The van der Waals surface area contributed by atoms with E-state index in [9.17, 15) is 4.39 Å². The van der Waals surface area contributed by atoms with Crippen LogP contribution in [0.1, 0.15) is 5.56 Å². The van der Waals surface area contributed by atoms with E-state index in [1.807, 2.05) is 0 Å². The Morgan fingerprint density at radius 2 is 2.13 bits per heavy atom. The first-order chi connectivity index (χ1) is 7.25. The van der Waals surface area contributed by atoms with E-state index in [0.29, 0.717) is 16.5 Å². The molecule has 0 radical (unpaired) electrons. The highest BCUT2D eigenvalue weighted by Crippen LogP contribution is 2.22. The second kappa shape index (κ2) is 4.31. The van der Waals surface area contributed by atoms with Crippen molar-refractivity contribution in [3.05, 3.63) is 35.6 Å². The van der Waals surface area contributed by atoms with E-state index in [0.717, 1.165) is 0 Å². The first-order valence-corrected chi connectivity index (χ1v) is 5.19. The monoisotopic (exact) mass is 225 g/mol. The molecule has 2 aromatic rings. The molecule has 4 nitrogen and oxygen atoms in total. The standard InChI is InChI=1S/C9H8FN3OS/c10-7-4-2-1-3-6(7)5-15-9-13-12-8(11)14-9/h1-4H,5H2,(H2,11,12). The molecule has 2 rings (SSSR count). The maximum absolute atomic E-state index is 13.2. The molecule has 0 saturated carbocycles. The Hall–Kier alpha value is -1.56. The molecule has 0 aliphatic carbocycles. The predicted octanol–water partition coefficient (Wildman–Crippen LogP) is 2.08. The fourth-order valence-electron chi connectivity index (χ4n) is 1.03. The number of nitrogens with zero attached hydrogens (tertiary/aromatic N) is 2. The van der Waals surface area contributed by atoms with Gasteiger partial charge in [0.25, 0.3) is 5.22 Å². The highest BCUT2D eigenvalue weighted by atomic mass is 32.2. The van der Waals surface area contributed by atoms with Crippen LogP contribution in [-0.4, -0.2) is 10.2 Å². The van der Waals surface area contributed by atoms with Crippen LogP contribution in [0.5, 0.6) is 0 Å². The lowest BCUT2D eigenvalue weighted by Gasteiger charge is -1.98. The van der Waals surface area contributed by atoms with Gasteiger partial charge in [0.15, 0.2) is 0 Å². The maximum Gasteiger partial charge on any atom is 0.313 e. The summed E-state index contributed by atoms with van der Waals surface area (Å²) < 4.78 is 18.1. The number of aromatic nitrogens is 2. The van der Waals surface area contributed by atoms with Crippen LogP contribution in [-0.2, 0) is 5.75 Å². The average Bonchev–Trinajstić information content (AvgIpc) is 2.63. The molecule has 0 amide bonds. The Morgan fingerprint density at radius 3 is 2.80 bits per heavy atom. The third-order valence-corrected chi connectivity index (χ3v) is 2.60. The average molecular weight is 225 g/mol. The first-order valence-electron chi connectivity index (χ1n) is 4.21. The van der Waals surface area contributed by atoms with E-state index in [2.05, 4.69) is 10.2 Å². The third kappa shape index (κ3) is 2.47. The molecule has 15 heavy (non-hydrogen) atoms. The molecule has 1 aromatic heterocycles. The Kier molecular flexibility index (Phi) is 2.86. The van der Waals surface area contributed by atoms with E-state index < -0.39 is 0 Å². The van der Waals surface area contributed by atoms with Crippen molar-refractivity contribution in [1.82, 2.24) is 10.2 Å². The van der Waals surface area contributed by atoms with Gasteiger partial charge >= 0.3 is 6.01 Å². The maximum atomic E-state index is 13.2. The summed E-state index contributed by atoms with van der Waals surface area (Å²) in [5, 5.41) is 7.50. The number of nitrogens with two attached hydrogens (primary N) is 1. The van der Waals surface area contributed by atoms with E-state index in [1.54, 1.807) is 18.2 Å². The summed E-state index contributed by atoms with van der Waals surface area (Å²) in [4.78, 5) is 0. The van der Waals surface area contributed by atoms with Crippen LogP contribution in [0.3, 0.4) is 0 Å². The van der Waals surface area contributed by atoms with Crippen molar-refractivity contribution in [2.45, 2.75) is 11.0 Å². The second-order valence-corrected chi connectivity index (χ2v) is 3.71. The lowest BCUT2D eigenvalue weighted by atomic mass is 10.2. The molecule has 78 valence electrons. The molecule has 6 heteroatoms. The molecular weight excluding hydrogens is 217 g/mol. The van der Waals surface area contributed by atoms with Gasteiger partial charge in [-0.3, -0.25) is 0 Å². The third-order valence-electron chi connectivity index (χ3n) is 1.73. The van der Waals surface area contributed by atoms with Crippen LogP contribution in [0, 0.1) is 5.82 Å². The molecule has 0 aliphatic heterocycles. The summed E-state index contributed by atoms with van der Waals surface area (Å²) in [5.74, 6) is 0.200. The predicted molar refractivity (Wildman–Crippen MR) is 54.7 cm³/mol. The molecule has 1 aromatic carbocycles. The number of hydrogen-bond acceptors (Lipinski definition) is 5. The number of benzene rings is 1. The summed E-state index contributed by atoms with van der Waals surface area (Å²) >= 11 is 1.25. The van der Waals surface area contributed by atoms with Crippen molar-refractivity contribution in [2.75, 3.05) is 5.73 Å². The summed E-state index contributed by atoms with van der Waals surface area (Å²) in [6, 6.07) is 6.57. The Balaban J connectivity index is 2.02. The minimum absolute atomic E-state index is 0.0195. The van der Waals surface area contributed by atoms with E-state index >= 15 is 0 Å². The topological polar surface area (TPSA) is 64.9 Å². The number of anilines is 1. The quantitative estimate of drug-likeness (QED) is 0.810. The number of thioether (sulfide) groups is 1. The minimum atomic E-state index is -0.238. The number of rotatable bonds is 3. The van der Waals surface area contributed by atoms with Gasteiger partial charge in [-0.15, -0.1) is 0 Å². The highest BCUT2D eigenvalue weighted by molar-refractivity contribution is 7.98. The van der Waals surface area contributed by atoms with E-state index in [4.69, 9.17) is 10.2 Å². The number of nitrogen functional groups attached to an aromatic ring is 1. The smallest absolute Gasteiger partial charge is 0.313 e. The molecular formula is C9H8FN3OS. The van der Waals surface area contributed by atoms with Gasteiger partial charge < -0.3 is 10.2 Å². The van der Waals surface area contributed by atoms with Crippen LogP contribution in [0.2, 0.25) is 0 Å².